The maximum absolute atomic E-state index is 4.28. The quantitative estimate of drug-likeness (QED) is 0.167. The van der Waals surface area contributed by atoms with Crippen molar-refractivity contribution in [3.05, 3.63) is 153 Å². The molecule has 0 saturated heterocycles. The molecular formula is C54H67N3. The zero-order chi connectivity index (χ0) is 41.2. The zero-order valence-corrected chi connectivity index (χ0v) is 37.6. The molecule has 1 heterocycles. The van der Waals surface area contributed by atoms with Gasteiger partial charge in [-0.1, -0.05) is 37.8 Å². The Balaban J connectivity index is 0.000000165. The van der Waals surface area contributed by atoms with Crippen LogP contribution in [0.1, 0.15) is 130 Å². The maximum Gasteiger partial charge on any atom is 0.163 e. The van der Waals surface area contributed by atoms with Crippen molar-refractivity contribution in [2.24, 2.45) is 0 Å². The Morgan fingerprint density at radius 1 is 0.298 bits per heavy atom. The summed E-state index contributed by atoms with van der Waals surface area (Å²) in [5.74, 6) is 2.27. The first-order chi connectivity index (χ1) is 26.3. The Bertz CT molecular complexity index is 2290. The minimum Gasteiger partial charge on any atom is -0.219 e. The third-order valence-corrected chi connectivity index (χ3v) is 14.4. The minimum atomic E-state index is 0. The Morgan fingerprint density at radius 2 is 0.544 bits per heavy atom. The molecule has 0 unspecified atom stereocenters. The number of nitrogens with zero attached hydrogens (tertiary/aromatic N) is 3. The fraction of sp³-hybridized carbons (Fsp3) is 0.389. The summed E-state index contributed by atoms with van der Waals surface area (Å²) in [4.78, 5) is 12.7. The van der Waals surface area contributed by atoms with Crippen molar-refractivity contribution in [2.75, 3.05) is 0 Å². The Morgan fingerprint density at radius 3 is 0.807 bits per heavy atom. The van der Waals surface area contributed by atoms with Crippen LogP contribution in [0.4, 0.5) is 0 Å². The summed E-state index contributed by atoms with van der Waals surface area (Å²) in [6.07, 6.45) is 2.23. The lowest BCUT2D eigenvalue weighted by Gasteiger charge is -2.19. The van der Waals surface area contributed by atoms with Crippen LogP contribution in [-0.2, 0) is 12.8 Å². The molecule has 6 aromatic rings. The lowest BCUT2D eigenvalue weighted by molar-refractivity contribution is 0.928. The van der Waals surface area contributed by atoms with E-state index in [4.69, 9.17) is 0 Å². The predicted molar refractivity (Wildman–Crippen MR) is 247 cm³/mol. The molecule has 57 heavy (non-hydrogen) atoms. The summed E-state index contributed by atoms with van der Waals surface area (Å²) in [6.45, 7) is 40.4. The average Bonchev–Trinajstić information content (AvgIpc) is 3.79. The van der Waals surface area contributed by atoms with Crippen molar-refractivity contribution in [3.63, 3.8) is 0 Å². The van der Waals surface area contributed by atoms with E-state index >= 15 is 0 Å². The fourth-order valence-electron chi connectivity index (χ4n) is 9.48. The number of aromatic nitrogens is 3. The first-order valence-electron chi connectivity index (χ1n) is 20.4. The Kier molecular flexibility index (Phi) is 12.3. The molecular weight excluding hydrogens is 691 g/mol. The van der Waals surface area contributed by atoms with E-state index in [0.29, 0.717) is 0 Å². The molecule has 2 aliphatic rings. The standard InChI is InChI=1S/2C21H26.C11H11N3.CH4/c2*1-10-12(3)16(7)20-18(14(10)5)9-19-15(6)11(2)13(4)17(8)21(19)20;1-8-12-9(2)14-11(13-8)10-6-4-3-5-7-10;/h2*9H2,1-8H3;3-7H,1-2H3;1H4. The highest BCUT2D eigenvalue weighted by Gasteiger charge is 2.30. The number of hydrogen-bond acceptors (Lipinski definition) is 3. The van der Waals surface area contributed by atoms with Crippen LogP contribution >= 0.6 is 0 Å². The molecule has 0 aliphatic heterocycles. The van der Waals surface area contributed by atoms with Gasteiger partial charge in [-0.15, -0.1) is 0 Å². The van der Waals surface area contributed by atoms with Gasteiger partial charge in [0.25, 0.3) is 0 Å². The summed E-state index contributed by atoms with van der Waals surface area (Å²) in [5, 5.41) is 0. The van der Waals surface area contributed by atoms with Crippen LogP contribution in [0.5, 0.6) is 0 Å². The zero-order valence-electron chi connectivity index (χ0n) is 37.6. The van der Waals surface area contributed by atoms with Gasteiger partial charge in [0, 0.05) is 5.56 Å². The van der Waals surface area contributed by atoms with Gasteiger partial charge < -0.3 is 0 Å². The molecule has 1 aromatic heterocycles. The van der Waals surface area contributed by atoms with E-state index in [1.54, 1.807) is 22.3 Å². The van der Waals surface area contributed by atoms with Crippen LogP contribution in [0.3, 0.4) is 0 Å². The fourth-order valence-corrected chi connectivity index (χ4v) is 9.48. The van der Waals surface area contributed by atoms with Crippen molar-refractivity contribution in [1.82, 2.24) is 15.0 Å². The first-order valence-corrected chi connectivity index (χ1v) is 20.4. The van der Waals surface area contributed by atoms with Crippen LogP contribution in [0, 0.1) is 125 Å². The average molecular weight is 758 g/mol. The highest BCUT2D eigenvalue weighted by molar-refractivity contribution is 5.88. The highest BCUT2D eigenvalue weighted by atomic mass is 15.0. The van der Waals surface area contributed by atoms with E-state index in [-0.39, 0.29) is 7.43 Å². The van der Waals surface area contributed by atoms with Crippen molar-refractivity contribution in [1.29, 1.82) is 0 Å². The molecule has 8 rings (SSSR count). The van der Waals surface area contributed by atoms with E-state index in [1.165, 1.54) is 111 Å². The van der Waals surface area contributed by atoms with Crippen molar-refractivity contribution >= 4 is 0 Å². The second kappa shape index (κ2) is 16.2. The molecule has 2 aliphatic carbocycles. The number of benzene rings is 5. The van der Waals surface area contributed by atoms with E-state index in [9.17, 15) is 0 Å². The van der Waals surface area contributed by atoms with Crippen LogP contribution in [0.2, 0.25) is 0 Å². The van der Waals surface area contributed by atoms with Crippen LogP contribution < -0.4 is 0 Å². The van der Waals surface area contributed by atoms with Crippen molar-refractivity contribution in [2.45, 2.75) is 145 Å². The van der Waals surface area contributed by atoms with Crippen molar-refractivity contribution in [3.8, 4) is 33.6 Å². The van der Waals surface area contributed by atoms with Crippen LogP contribution in [0.15, 0.2) is 30.3 Å². The Hall–Kier alpha value is -4.89. The summed E-state index contributed by atoms with van der Waals surface area (Å²) in [6, 6.07) is 9.92. The largest absolute Gasteiger partial charge is 0.219 e. The Labute approximate surface area is 345 Å². The van der Waals surface area contributed by atoms with Gasteiger partial charge in [-0.25, -0.2) is 15.0 Å². The predicted octanol–water partition coefficient (Wildman–Crippen LogP) is 14.2. The molecule has 0 spiro atoms. The second-order valence-electron chi connectivity index (χ2n) is 16.9. The first kappa shape index (κ1) is 43.2. The molecule has 0 N–H and O–H groups in total. The number of aryl methyl sites for hydroxylation is 2. The van der Waals surface area contributed by atoms with Gasteiger partial charge in [0.05, 0.1) is 0 Å². The van der Waals surface area contributed by atoms with Gasteiger partial charge >= 0.3 is 0 Å². The van der Waals surface area contributed by atoms with E-state index in [2.05, 4.69) is 126 Å². The number of hydrogen-bond donors (Lipinski definition) is 0. The SMILES string of the molecule is C.Cc1c(C)c(C)c2c(c1C)Cc1c(C)c(C)c(C)c(C)c1-2.Cc1c(C)c(C)c2c(c1C)Cc1c(C)c(C)c(C)c(C)c1-2.Cc1nc(C)nc(-c2ccccc2)n1. The summed E-state index contributed by atoms with van der Waals surface area (Å²) >= 11 is 0. The van der Waals surface area contributed by atoms with Gasteiger partial charge in [0.1, 0.15) is 11.6 Å². The molecule has 0 bridgehead atoms. The maximum atomic E-state index is 4.28. The normalized spacial score (nSPS) is 11.8. The highest BCUT2D eigenvalue weighted by Crippen LogP contribution is 2.49. The molecule has 3 nitrogen and oxygen atoms in total. The molecule has 0 fully saturated rings. The van der Waals surface area contributed by atoms with Gasteiger partial charge in [-0.3, -0.25) is 0 Å². The van der Waals surface area contributed by atoms with E-state index < -0.39 is 0 Å². The number of fused-ring (bicyclic) bond motifs is 6. The molecule has 0 radical (unpaired) electrons. The summed E-state index contributed by atoms with van der Waals surface area (Å²) < 4.78 is 0. The van der Waals surface area contributed by atoms with Crippen LogP contribution in [-0.4, -0.2) is 15.0 Å². The topological polar surface area (TPSA) is 38.7 Å². The molecule has 5 aromatic carbocycles. The lowest BCUT2D eigenvalue weighted by atomic mass is 9.86. The second-order valence-corrected chi connectivity index (χ2v) is 16.9. The minimum absolute atomic E-state index is 0. The van der Waals surface area contributed by atoms with Gasteiger partial charge in [-0.2, -0.15) is 0 Å². The third-order valence-electron chi connectivity index (χ3n) is 14.4. The van der Waals surface area contributed by atoms with Gasteiger partial charge in [-0.05, 0) is 271 Å². The molecule has 0 atom stereocenters. The molecule has 0 amide bonds. The monoisotopic (exact) mass is 758 g/mol. The summed E-state index contributed by atoms with van der Waals surface area (Å²) in [7, 11) is 0. The smallest absolute Gasteiger partial charge is 0.163 e. The number of rotatable bonds is 1. The molecule has 0 saturated carbocycles. The third kappa shape index (κ3) is 7.17. The molecule has 298 valence electrons. The lowest BCUT2D eigenvalue weighted by Crippen LogP contribution is -1.99. The summed E-state index contributed by atoms with van der Waals surface area (Å²) in [5.41, 5.74) is 37.2. The van der Waals surface area contributed by atoms with E-state index in [1.807, 2.05) is 44.2 Å². The van der Waals surface area contributed by atoms with Crippen molar-refractivity contribution < 1.29 is 0 Å². The van der Waals surface area contributed by atoms with Gasteiger partial charge in [0.15, 0.2) is 5.82 Å². The van der Waals surface area contributed by atoms with E-state index in [0.717, 1.165) is 35.9 Å². The molecule has 3 heteroatoms. The van der Waals surface area contributed by atoms with Gasteiger partial charge in [0.2, 0.25) is 0 Å². The van der Waals surface area contributed by atoms with Crippen LogP contribution in [0.25, 0.3) is 33.6 Å².